The van der Waals surface area contributed by atoms with Crippen LogP contribution in [-0.2, 0) is 0 Å². The lowest BCUT2D eigenvalue weighted by Crippen LogP contribution is -2.06. The Hall–Kier alpha value is -4.25. The molecule has 0 bridgehead atoms. The average molecular weight is 480 g/mol. The molecule has 5 heteroatoms. The van der Waals surface area contributed by atoms with Gasteiger partial charge in [0.05, 0.1) is 39.6 Å². The van der Waals surface area contributed by atoms with Crippen molar-refractivity contribution in [3.8, 4) is 28.3 Å². The molecule has 0 aliphatic heterocycles. The Balaban J connectivity index is 1.69. The maximum Gasteiger partial charge on any atom is 0.335 e. The van der Waals surface area contributed by atoms with E-state index in [0.717, 1.165) is 50.1 Å². The normalized spacial score (nSPS) is 11.5. The molecule has 0 unspecified atom stereocenters. The summed E-state index contributed by atoms with van der Waals surface area (Å²) in [5.74, 6) is 0.743. The van der Waals surface area contributed by atoms with E-state index >= 15 is 0 Å². The number of aromatic nitrogens is 1. The van der Waals surface area contributed by atoms with Gasteiger partial charge in [0, 0.05) is 5.69 Å². The van der Waals surface area contributed by atoms with Crippen LogP contribution in [0.15, 0.2) is 84.9 Å². The molecule has 1 N–H and O–H groups in total. The Bertz CT molecular complexity index is 1480. The maximum atomic E-state index is 11.2. The molecule has 1 aromatic heterocycles. The molecule has 5 rings (SSSR count). The molecule has 1 heterocycles. The predicted octanol–water partition coefficient (Wildman–Crippen LogP) is 7.72. The lowest BCUT2D eigenvalue weighted by molar-refractivity contribution is 0.0697. The number of rotatable bonds is 7. The van der Waals surface area contributed by atoms with Gasteiger partial charge in [-0.2, -0.15) is 0 Å². The van der Waals surface area contributed by atoms with E-state index in [9.17, 15) is 9.90 Å². The van der Waals surface area contributed by atoms with Crippen LogP contribution < -0.4 is 9.47 Å². The fraction of sp³-hybridized carbons (Fsp3) is 0.194. The van der Waals surface area contributed by atoms with Gasteiger partial charge < -0.3 is 19.1 Å². The van der Waals surface area contributed by atoms with Gasteiger partial charge in [0.2, 0.25) is 0 Å². The third-order valence-corrected chi connectivity index (χ3v) is 6.06. The molecule has 0 radical (unpaired) electrons. The largest absolute Gasteiger partial charge is 0.490 e. The molecule has 0 spiro atoms. The van der Waals surface area contributed by atoms with Crippen molar-refractivity contribution in [2.75, 3.05) is 0 Å². The van der Waals surface area contributed by atoms with E-state index in [-0.39, 0.29) is 17.8 Å². The summed E-state index contributed by atoms with van der Waals surface area (Å²) in [4.78, 5) is 11.2. The monoisotopic (exact) mass is 479 g/mol. The van der Waals surface area contributed by atoms with Gasteiger partial charge in [-0.3, -0.25) is 0 Å². The number of ether oxygens (including phenoxy) is 2. The lowest BCUT2D eigenvalue weighted by Gasteiger charge is -2.13. The first kappa shape index (κ1) is 23.5. The second kappa shape index (κ2) is 9.42. The number of hydrogen-bond acceptors (Lipinski definition) is 3. The van der Waals surface area contributed by atoms with Crippen LogP contribution in [0.3, 0.4) is 0 Å². The second-order valence-corrected chi connectivity index (χ2v) is 9.40. The Morgan fingerprint density at radius 3 is 1.53 bits per heavy atom. The van der Waals surface area contributed by atoms with Crippen molar-refractivity contribution in [3.63, 3.8) is 0 Å². The van der Waals surface area contributed by atoms with Crippen LogP contribution in [0.4, 0.5) is 0 Å². The van der Waals surface area contributed by atoms with Crippen molar-refractivity contribution in [2.45, 2.75) is 39.9 Å². The van der Waals surface area contributed by atoms with E-state index in [1.807, 2.05) is 64.1 Å². The van der Waals surface area contributed by atoms with E-state index in [2.05, 4.69) is 41.0 Å². The number of carboxylic acid groups (broad SMARTS) is 1. The van der Waals surface area contributed by atoms with E-state index in [1.165, 1.54) is 0 Å². The zero-order valence-corrected chi connectivity index (χ0v) is 20.9. The molecular formula is C31H29NO4. The minimum atomic E-state index is -0.926. The number of carbonyl (C=O) groups is 1. The quantitative estimate of drug-likeness (QED) is 0.260. The molecule has 4 aromatic carbocycles. The van der Waals surface area contributed by atoms with Crippen molar-refractivity contribution in [2.24, 2.45) is 0 Å². The average Bonchev–Trinajstić information content (AvgIpc) is 3.20. The third-order valence-electron chi connectivity index (χ3n) is 6.06. The van der Waals surface area contributed by atoms with E-state index < -0.39 is 5.97 Å². The number of fused-ring (bicyclic) bond motifs is 3. The first-order valence-corrected chi connectivity index (χ1v) is 12.2. The summed E-state index contributed by atoms with van der Waals surface area (Å²) < 4.78 is 14.7. The number of hydrogen-bond donors (Lipinski definition) is 1. The summed E-state index contributed by atoms with van der Waals surface area (Å²) in [6.45, 7) is 8.13. The Kier molecular flexibility index (Phi) is 6.15. The molecule has 5 nitrogen and oxygen atoms in total. The molecule has 0 aliphatic rings. The molecule has 182 valence electrons. The Morgan fingerprint density at radius 1 is 0.667 bits per heavy atom. The van der Waals surface area contributed by atoms with Crippen LogP contribution >= 0.6 is 0 Å². The van der Waals surface area contributed by atoms with Crippen molar-refractivity contribution in [1.82, 2.24) is 4.57 Å². The molecule has 0 atom stereocenters. The van der Waals surface area contributed by atoms with Crippen LogP contribution in [0.1, 0.15) is 38.1 Å². The van der Waals surface area contributed by atoms with Crippen LogP contribution in [0.25, 0.3) is 38.6 Å². The van der Waals surface area contributed by atoms with Gasteiger partial charge in [-0.1, -0.05) is 36.4 Å². The Morgan fingerprint density at radius 2 is 1.11 bits per heavy atom. The number of benzene rings is 4. The number of nitrogens with zero attached hydrogens (tertiary/aromatic N) is 1. The van der Waals surface area contributed by atoms with Gasteiger partial charge in [-0.05, 0) is 87.4 Å². The van der Waals surface area contributed by atoms with Crippen molar-refractivity contribution in [1.29, 1.82) is 0 Å². The summed E-state index contributed by atoms with van der Waals surface area (Å²) in [6.07, 6.45) is 0.0814. The highest BCUT2D eigenvalue weighted by molar-refractivity contribution is 6.15. The fourth-order valence-corrected chi connectivity index (χ4v) is 4.63. The maximum absolute atomic E-state index is 11.2. The molecule has 0 fully saturated rings. The zero-order chi connectivity index (χ0) is 25.4. The number of aromatic carboxylic acids is 1. The highest BCUT2D eigenvalue weighted by Gasteiger charge is 2.20. The molecule has 0 aliphatic carbocycles. The van der Waals surface area contributed by atoms with E-state index in [4.69, 9.17) is 9.47 Å². The minimum absolute atomic E-state index is 0.0407. The topological polar surface area (TPSA) is 60.7 Å². The highest BCUT2D eigenvalue weighted by atomic mass is 16.5. The van der Waals surface area contributed by atoms with Crippen LogP contribution in [0.5, 0.6) is 11.5 Å². The smallest absolute Gasteiger partial charge is 0.335 e. The van der Waals surface area contributed by atoms with E-state index in [1.54, 1.807) is 12.1 Å². The summed E-state index contributed by atoms with van der Waals surface area (Å²) in [5, 5.41) is 11.2. The van der Waals surface area contributed by atoms with Crippen molar-refractivity contribution in [3.05, 3.63) is 90.5 Å². The van der Waals surface area contributed by atoms with Crippen LogP contribution in [0, 0.1) is 0 Å². The van der Waals surface area contributed by atoms with Gasteiger partial charge in [0.15, 0.2) is 0 Å². The van der Waals surface area contributed by atoms with Crippen LogP contribution in [-0.4, -0.2) is 27.9 Å². The minimum Gasteiger partial charge on any atom is -0.490 e. The molecule has 0 saturated carbocycles. The van der Waals surface area contributed by atoms with Gasteiger partial charge in [-0.15, -0.1) is 0 Å². The third kappa shape index (κ3) is 4.29. The number of carboxylic acids is 1. The Labute approximate surface area is 210 Å². The lowest BCUT2D eigenvalue weighted by atomic mass is 10.0. The van der Waals surface area contributed by atoms with Gasteiger partial charge in [-0.25, -0.2) is 4.79 Å². The summed E-state index contributed by atoms with van der Waals surface area (Å²) in [6, 6.07) is 27.5. The summed E-state index contributed by atoms with van der Waals surface area (Å²) in [5.41, 5.74) is 5.37. The van der Waals surface area contributed by atoms with Gasteiger partial charge in [0.25, 0.3) is 0 Å². The van der Waals surface area contributed by atoms with Gasteiger partial charge in [0.1, 0.15) is 11.5 Å². The fourth-order valence-electron chi connectivity index (χ4n) is 4.63. The predicted molar refractivity (Wildman–Crippen MR) is 145 cm³/mol. The van der Waals surface area contributed by atoms with E-state index in [0.29, 0.717) is 0 Å². The first-order valence-electron chi connectivity index (χ1n) is 12.2. The molecule has 36 heavy (non-hydrogen) atoms. The molecular weight excluding hydrogens is 450 g/mol. The second-order valence-electron chi connectivity index (χ2n) is 9.40. The molecule has 0 saturated heterocycles. The summed E-state index contributed by atoms with van der Waals surface area (Å²) in [7, 11) is 0. The molecule has 5 aromatic rings. The molecule has 0 amide bonds. The van der Waals surface area contributed by atoms with Crippen molar-refractivity contribution >= 4 is 27.8 Å². The SMILES string of the molecule is CC(C)Oc1cccc2c1c1c(OC(C)C)cccc1n2-c1ccc(-c2ccc(C(=O)O)cc2)cc1. The van der Waals surface area contributed by atoms with Crippen molar-refractivity contribution < 1.29 is 19.4 Å². The summed E-state index contributed by atoms with van der Waals surface area (Å²) >= 11 is 0. The van der Waals surface area contributed by atoms with Crippen LogP contribution in [0.2, 0.25) is 0 Å². The standard InChI is InChI=1S/C31H29NO4/c1-19(2)35-27-9-5-7-25-29(27)30-26(8-6-10-28(30)36-20(3)4)32(25)24-17-15-22(16-18-24)21-11-13-23(14-12-21)31(33)34/h5-20H,1-4H3,(H,33,34). The van der Waals surface area contributed by atoms with Gasteiger partial charge >= 0.3 is 5.97 Å². The highest BCUT2D eigenvalue weighted by Crippen LogP contribution is 2.42. The first-order chi connectivity index (χ1) is 17.3. The zero-order valence-electron chi connectivity index (χ0n) is 20.9.